The lowest BCUT2D eigenvalue weighted by molar-refractivity contribution is 0.0894. The number of hydrogen-bond acceptors (Lipinski definition) is 4. The topological polar surface area (TPSA) is 65.5 Å². The minimum absolute atomic E-state index is 0.0732. The second kappa shape index (κ2) is 5.35. The number of carbonyl (C=O) groups is 1. The van der Waals surface area contributed by atoms with Gasteiger partial charge < -0.3 is 15.3 Å². The molecule has 1 aromatic rings. The highest BCUT2D eigenvalue weighted by atomic mass is 16.3. The molecule has 0 aromatic carbocycles. The quantitative estimate of drug-likeness (QED) is 0.820. The van der Waals surface area contributed by atoms with Gasteiger partial charge in [-0.15, -0.1) is 0 Å². The first-order valence-electron chi connectivity index (χ1n) is 6.22. The average Bonchev–Trinajstić information content (AvgIpc) is 2.34. The Labute approximate surface area is 107 Å². The van der Waals surface area contributed by atoms with Gasteiger partial charge in [-0.1, -0.05) is 0 Å². The van der Waals surface area contributed by atoms with Crippen molar-refractivity contribution in [2.75, 3.05) is 13.6 Å². The number of nitrogens with one attached hydrogen (secondary N) is 1. The van der Waals surface area contributed by atoms with Crippen LogP contribution in [0.4, 0.5) is 0 Å². The number of likely N-dealkylation sites (tertiary alicyclic amines) is 1. The molecule has 1 saturated heterocycles. The summed E-state index contributed by atoms with van der Waals surface area (Å²) in [6.45, 7) is 3.14. The maximum Gasteiger partial charge on any atom is 0.255 e. The molecule has 2 N–H and O–H groups in total. The van der Waals surface area contributed by atoms with Crippen LogP contribution in [0, 0.1) is 0 Å². The van der Waals surface area contributed by atoms with Crippen molar-refractivity contribution in [3.63, 3.8) is 0 Å². The normalized spacial score (nSPS) is 24.8. The molecule has 0 saturated carbocycles. The van der Waals surface area contributed by atoms with E-state index in [0.29, 0.717) is 6.04 Å². The van der Waals surface area contributed by atoms with E-state index in [1.165, 1.54) is 18.5 Å². The van der Waals surface area contributed by atoms with Crippen LogP contribution in [-0.2, 0) is 0 Å². The highest BCUT2D eigenvalue weighted by Crippen LogP contribution is 2.18. The summed E-state index contributed by atoms with van der Waals surface area (Å²) in [5, 5.41) is 12.5. The molecular formula is C13H19N3O2. The van der Waals surface area contributed by atoms with E-state index in [0.717, 1.165) is 19.4 Å². The van der Waals surface area contributed by atoms with Gasteiger partial charge in [-0.2, -0.15) is 0 Å². The van der Waals surface area contributed by atoms with E-state index in [9.17, 15) is 9.90 Å². The van der Waals surface area contributed by atoms with Crippen molar-refractivity contribution in [2.45, 2.75) is 31.8 Å². The Morgan fingerprint density at radius 3 is 3.06 bits per heavy atom. The van der Waals surface area contributed by atoms with Crippen LogP contribution in [-0.4, -0.2) is 46.6 Å². The zero-order valence-corrected chi connectivity index (χ0v) is 10.8. The van der Waals surface area contributed by atoms with Gasteiger partial charge in [0, 0.05) is 24.8 Å². The maximum absolute atomic E-state index is 12.0. The fourth-order valence-corrected chi connectivity index (χ4v) is 2.26. The number of amides is 1. The van der Waals surface area contributed by atoms with Gasteiger partial charge >= 0.3 is 0 Å². The standard InChI is InChI=1S/C13H19N3O2/c1-9-7-10(4-6-16(9)2)15-13(18)11-3-5-14-8-12(11)17/h3,5,8-10,17H,4,6-7H2,1-2H3,(H,15,18). The molecule has 1 amide bonds. The van der Waals surface area contributed by atoms with Crippen molar-refractivity contribution >= 4 is 5.91 Å². The molecule has 1 aliphatic rings. The van der Waals surface area contributed by atoms with Crippen LogP contribution >= 0.6 is 0 Å². The van der Waals surface area contributed by atoms with Crippen LogP contribution < -0.4 is 5.32 Å². The molecule has 0 aliphatic carbocycles. The number of carbonyl (C=O) groups excluding carboxylic acids is 1. The molecule has 2 rings (SSSR count). The van der Waals surface area contributed by atoms with E-state index in [1.54, 1.807) is 0 Å². The number of pyridine rings is 1. The van der Waals surface area contributed by atoms with E-state index in [-0.39, 0.29) is 23.3 Å². The first kappa shape index (κ1) is 12.8. The smallest absolute Gasteiger partial charge is 0.255 e. The lowest BCUT2D eigenvalue weighted by atomic mass is 9.98. The number of piperidine rings is 1. The van der Waals surface area contributed by atoms with E-state index in [1.807, 2.05) is 0 Å². The Morgan fingerprint density at radius 1 is 1.61 bits per heavy atom. The predicted octanol–water partition coefficient (Wildman–Crippen LogP) is 1.000. The summed E-state index contributed by atoms with van der Waals surface area (Å²) >= 11 is 0. The third kappa shape index (κ3) is 2.79. The van der Waals surface area contributed by atoms with Crippen LogP contribution in [0.3, 0.4) is 0 Å². The molecule has 0 radical (unpaired) electrons. The third-order valence-corrected chi connectivity index (χ3v) is 3.59. The molecule has 5 nitrogen and oxygen atoms in total. The molecule has 98 valence electrons. The van der Waals surface area contributed by atoms with E-state index < -0.39 is 0 Å². The van der Waals surface area contributed by atoms with Gasteiger partial charge in [0.05, 0.1) is 11.8 Å². The summed E-state index contributed by atoms with van der Waals surface area (Å²) in [7, 11) is 2.09. The molecule has 2 atom stereocenters. The molecule has 2 unspecified atom stereocenters. The van der Waals surface area contributed by atoms with Gasteiger partial charge in [0.2, 0.25) is 0 Å². The Hall–Kier alpha value is -1.62. The Balaban J connectivity index is 1.98. The van der Waals surface area contributed by atoms with Crippen LogP contribution in [0.5, 0.6) is 5.75 Å². The zero-order chi connectivity index (χ0) is 13.1. The van der Waals surface area contributed by atoms with Crippen molar-refractivity contribution in [1.82, 2.24) is 15.2 Å². The SMILES string of the molecule is CC1CC(NC(=O)c2ccncc2O)CCN1C. The maximum atomic E-state index is 12.0. The molecular weight excluding hydrogens is 230 g/mol. The fraction of sp³-hybridized carbons (Fsp3) is 0.538. The molecule has 2 heterocycles. The number of aromatic hydroxyl groups is 1. The largest absolute Gasteiger partial charge is 0.505 e. The van der Waals surface area contributed by atoms with Crippen LogP contribution in [0.25, 0.3) is 0 Å². The van der Waals surface area contributed by atoms with Gasteiger partial charge in [-0.3, -0.25) is 9.78 Å². The first-order valence-corrected chi connectivity index (χ1v) is 6.22. The van der Waals surface area contributed by atoms with Crippen molar-refractivity contribution in [3.8, 4) is 5.75 Å². The summed E-state index contributed by atoms with van der Waals surface area (Å²) in [4.78, 5) is 18.1. The van der Waals surface area contributed by atoms with Crippen LogP contribution in [0.2, 0.25) is 0 Å². The molecule has 1 aliphatic heterocycles. The summed E-state index contributed by atoms with van der Waals surface area (Å²) in [6.07, 6.45) is 4.67. The van der Waals surface area contributed by atoms with E-state index >= 15 is 0 Å². The first-order chi connectivity index (χ1) is 8.58. The van der Waals surface area contributed by atoms with Gasteiger partial charge in [-0.25, -0.2) is 0 Å². The van der Waals surface area contributed by atoms with Crippen molar-refractivity contribution in [3.05, 3.63) is 24.0 Å². The monoisotopic (exact) mass is 249 g/mol. The van der Waals surface area contributed by atoms with Crippen molar-refractivity contribution in [2.24, 2.45) is 0 Å². The molecule has 1 aromatic heterocycles. The summed E-state index contributed by atoms with van der Waals surface area (Å²) < 4.78 is 0. The Kier molecular flexibility index (Phi) is 3.81. The minimum Gasteiger partial charge on any atom is -0.505 e. The highest BCUT2D eigenvalue weighted by molar-refractivity contribution is 5.96. The zero-order valence-electron chi connectivity index (χ0n) is 10.8. The van der Waals surface area contributed by atoms with Gasteiger partial charge in [0.1, 0.15) is 5.75 Å². The highest BCUT2D eigenvalue weighted by Gasteiger charge is 2.24. The molecule has 18 heavy (non-hydrogen) atoms. The lowest BCUT2D eigenvalue weighted by Gasteiger charge is -2.35. The van der Waals surface area contributed by atoms with Crippen LogP contribution in [0.15, 0.2) is 18.5 Å². The number of hydrogen-bond donors (Lipinski definition) is 2. The van der Waals surface area contributed by atoms with Crippen LogP contribution in [0.1, 0.15) is 30.1 Å². The molecule has 0 bridgehead atoms. The van der Waals surface area contributed by atoms with E-state index in [2.05, 4.69) is 29.2 Å². The van der Waals surface area contributed by atoms with Gasteiger partial charge in [0.15, 0.2) is 0 Å². The summed E-state index contributed by atoms with van der Waals surface area (Å²) in [6, 6.07) is 2.18. The third-order valence-electron chi connectivity index (χ3n) is 3.59. The molecule has 1 fully saturated rings. The van der Waals surface area contributed by atoms with E-state index in [4.69, 9.17) is 0 Å². The summed E-state index contributed by atoms with van der Waals surface area (Å²) in [5.74, 6) is -0.298. The predicted molar refractivity (Wildman–Crippen MR) is 68.5 cm³/mol. The molecule has 0 spiro atoms. The van der Waals surface area contributed by atoms with Gasteiger partial charge in [0.25, 0.3) is 5.91 Å². The second-order valence-electron chi connectivity index (χ2n) is 4.92. The van der Waals surface area contributed by atoms with Crippen molar-refractivity contribution in [1.29, 1.82) is 0 Å². The number of aromatic nitrogens is 1. The summed E-state index contributed by atoms with van der Waals surface area (Å²) in [5.41, 5.74) is 0.289. The molecule has 5 heteroatoms. The van der Waals surface area contributed by atoms with Gasteiger partial charge in [-0.05, 0) is 32.9 Å². The Morgan fingerprint density at radius 2 is 2.39 bits per heavy atom. The lowest BCUT2D eigenvalue weighted by Crippen LogP contribution is -2.47. The average molecular weight is 249 g/mol. The minimum atomic E-state index is -0.225. The van der Waals surface area contributed by atoms with Crippen molar-refractivity contribution < 1.29 is 9.90 Å². The Bertz CT molecular complexity index is 436. The number of rotatable bonds is 2. The fourth-order valence-electron chi connectivity index (χ4n) is 2.26. The second-order valence-corrected chi connectivity index (χ2v) is 4.92. The number of nitrogens with zero attached hydrogens (tertiary/aromatic N) is 2.